The number of ether oxygens (including phenoxy) is 5. The Bertz CT molecular complexity index is 806. The second kappa shape index (κ2) is 10.1. The van der Waals surface area contributed by atoms with Crippen molar-refractivity contribution < 1.29 is 59.4 Å². The molecule has 0 aromatic heterocycles. The number of hydrogen-bond donors (Lipinski definition) is 7. The van der Waals surface area contributed by atoms with E-state index < -0.39 is 78.7 Å². The van der Waals surface area contributed by atoms with Crippen LogP contribution in [0.3, 0.4) is 0 Å². The van der Waals surface area contributed by atoms with Crippen molar-refractivity contribution in [2.24, 2.45) is 5.41 Å². The van der Waals surface area contributed by atoms with Crippen LogP contribution in [0.1, 0.15) is 40.5 Å². The van der Waals surface area contributed by atoms with Crippen molar-refractivity contribution in [3.63, 3.8) is 0 Å². The molecule has 13 atom stereocenters. The Hall–Kier alpha value is -0.740. The van der Waals surface area contributed by atoms with Gasteiger partial charge in [-0.05, 0) is 20.3 Å². The number of aliphatic hydroxyl groups is 7. The molecule has 3 heterocycles. The Kier molecular flexibility index (Phi) is 7.93. The molecule has 3 aliphatic heterocycles. The minimum Gasteiger partial charge on any atom is -0.389 e. The Labute approximate surface area is 210 Å². The lowest BCUT2D eigenvalue weighted by Crippen LogP contribution is -2.61. The van der Waals surface area contributed by atoms with Crippen LogP contribution in [0.4, 0.5) is 0 Å². The van der Waals surface area contributed by atoms with E-state index in [1.165, 1.54) is 0 Å². The summed E-state index contributed by atoms with van der Waals surface area (Å²) < 4.78 is 28.7. The van der Waals surface area contributed by atoms with Crippen molar-refractivity contribution in [3.05, 3.63) is 12.2 Å². The van der Waals surface area contributed by atoms with Crippen molar-refractivity contribution in [2.45, 2.75) is 119 Å². The molecular formula is C24H40O12. The molecule has 0 aromatic carbocycles. The van der Waals surface area contributed by atoms with Crippen molar-refractivity contribution in [3.8, 4) is 0 Å². The maximum Gasteiger partial charge on any atom is 0.186 e. The largest absolute Gasteiger partial charge is 0.389 e. The van der Waals surface area contributed by atoms with Gasteiger partial charge in [-0.1, -0.05) is 26.0 Å². The molecule has 1 saturated carbocycles. The maximum atomic E-state index is 10.5. The van der Waals surface area contributed by atoms with Crippen molar-refractivity contribution in [2.75, 3.05) is 13.2 Å². The molecule has 1 aliphatic carbocycles. The van der Waals surface area contributed by atoms with Gasteiger partial charge in [0.1, 0.15) is 53.9 Å². The number of hydrogen-bond acceptors (Lipinski definition) is 12. The van der Waals surface area contributed by atoms with E-state index in [1.54, 1.807) is 13.0 Å². The summed E-state index contributed by atoms with van der Waals surface area (Å²) in [5.41, 5.74) is -1.49. The molecule has 0 spiro atoms. The van der Waals surface area contributed by atoms with Crippen LogP contribution in [0.25, 0.3) is 0 Å². The highest BCUT2D eigenvalue weighted by Gasteiger charge is 2.75. The average Bonchev–Trinajstić information content (AvgIpc) is 3.43. The first-order valence-corrected chi connectivity index (χ1v) is 12.4. The third-order valence-corrected chi connectivity index (χ3v) is 7.97. The van der Waals surface area contributed by atoms with E-state index in [0.29, 0.717) is 12.8 Å². The molecule has 12 heteroatoms. The molecule has 208 valence electrons. The Balaban J connectivity index is 1.39. The van der Waals surface area contributed by atoms with E-state index >= 15 is 0 Å². The van der Waals surface area contributed by atoms with Gasteiger partial charge in [-0.3, -0.25) is 0 Å². The van der Waals surface area contributed by atoms with Crippen LogP contribution < -0.4 is 0 Å². The van der Waals surface area contributed by atoms with E-state index in [0.717, 1.165) is 0 Å². The van der Waals surface area contributed by atoms with Gasteiger partial charge in [0.25, 0.3) is 0 Å². The van der Waals surface area contributed by atoms with E-state index in [9.17, 15) is 35.7 Å². The lowest BCUT2D eigenvalue weighted by molar-refractivity contribution is -0.330. The Morgan fingerprint density at radius 3 is 2.22 bits per heavy atom. The summed E-state index contributed by atoms with van der Waals surface area (Å²) in [5, 5.41) is 70.5. The normalized spacial score (nSPS) is 51.6. The predicted octanol–water partition coefficient (Wildman–Crippen LogP) is -2.08. The van der Waals surface area contributed by atoms with Gasteiger partial charge >= 0.3 is 0 Å². The van der Waals surface area contributed by atoms with E-state index in [-0.39, 0.29) is 18.6 Å². The van der Waals surface area contributed by atoms with Gasteiger partial charge < -0.3 is 59.4 Å². The van der Waals surface area contributed by atoms with E-state index in [4.69, 9.17) is 23.7 Å². The topological polar surface area (TPSA) is 191 Å². The summed E-state index contributed by atoms with van der Waals surface area (Å²) in [5.74, 6) is 0. The summed E-state index contributed by atoms with van der Waals surface area (Å²) >= 11 is 0. The fourth-order valence-electron chi connectivity index (χ4n) is 5.88. The van der Waals surface area contributed by atoms with Crippen LogP contribution >= 0.6 is 0 Å². The smallest absolute Gasteiger partial charge is 0.186 e. The zero-order chi connectivity index (χ0) is 26.6. The van der Waals surface area contributed by atoms with Crippen molar-refractivity contribution >= 4 is 0 Å². The molecule has 12 nitrogen and oxygen atoms in total. The molecule has 0 radical (unpaired) electrons. The molecule has 13 unspecified atom stereocenters. The number of epoxide rings is 1. The predicted molar refractivity (Wildman–Crippen MR) is 121 cm³/mol. The lowest BCUT2D eigenvalue weighted by atomic mass is 9.63. The fourth-order valence-corrected chi connectivity index (χ4v) is 5.88. The van der Waals surface area contributed by atoms with Crippen LogP contribution in [0.5, 0.6) is 0 Å². The van der Waals surface area contributed by atoms with Crippen LogP contribution in [-0.2, 0) is 23.7 Å². The molecular weight excluding hydrogens is 480 g/mol. The first-order valence-electron chi connectivity index (χ1n) is 12.4. The van der Waals surface area contributed by atoms with Gasteiger partial charge in [0.15, 0.2) is 12.6 Å². The summed E-state index contributed by atoms with van der Waals surface area (Å²) in [7, 11) is 0. The van der Waals surface area contributed by atoms with Crippen LogP contribution in [-0.4, -0.2) is 128 Å². The van der Waals surface area contributed by atoms with Gasteiger partial charge in [0.05, 0.1) is 25.4 Å². The molecule has 0 amide bonds. The molecule has 3 saturated heterocycles. The van der Waals surface area contributed by atoms with Crippen molar-refractivity contribution in [1.82, 2.24) is 0 Å². The van der Waals surface area contributed by atoms with Gasteiger partial charge in [0.2, 0.25) is 0 Å². The maximum absolute atomic E-state index is 10.5. The van der Waals surface area contributed by atoms with Crippen LogP contribution in [0, 0.1) is 5.41 Å². The number of fused-ring (bicyclic) bond motifs is 1. The van der Waals surface area contributed by atoms with Gasteiger partial charge in [0, 0.05) is 11.8 Å². The Morgan fingerprint density at radius 2 is 1.58 bits per heavy atom. The quantitative estimate of drug-likeness (QED) is 0.143. The molecule has 4 fully saturated rings. The molecule has 4 rings (SSSR count). The van der Waals surface area contributed by atoms with Gasteiger partial charge in [-0.2, -0.15) is 0 Å². The minimum absolute atomic E-state index is 0.254. The minimum atomic E-state index is -1.58. The van der Waals surface area contributed by atoms with Crippen molar-refractivity contribution in [1.29, 1.82) is 0 Å². The Morgan fingerprint density at radius 1 is 0.917 bits per heavy atom. The first kappa shape index (κ1) is 28.3. The molecule has 36 heavy (non-hydrogen) atoms. The molecule has 0 bridgehead atoms. The zero-order valence-corrected chi connectivity index (χ0v) is 21.0. The SMILES string of the molecule is CC(O)C=CC12OC1(C)CC(OC1OC(COC3OCC(O)C(O)C3O)C(O)C(O)C1O)CC2(C)C. The molecule has 0 aromatic rings. The van der Waals surface area contributed by atoms with Crippen LogP contribution in [0.2, 0.25) is 0 Å². The third kappa shape index (κ3) is 4.99. The first-order chi connectivity index (χ1) is 16.7. The zero-order valence-electron chi connectivity index (χ0n) is 21.0. The highest BCUT2D eigenvalue weighted by Crippen LogP contribution is 2.66. The number of rotatable bonds is 7. The van der Waals surface area contributed by atoms with E-state index in [2.05, 4.69) is 0 Å². The third-order valence-electron chi connectivity index (χ3n) is 7.97. The molecule has 4 aliphatic rings. The van der Waals surface area contributed by atoms with Gasteiger partial charge in [-0.15, -0.1) is 0 Å². The highest BCUT2D eigenvalue weighted by molar-refractivity contribution is 5.32. The van der Waals surface area contributed by atoms with Crippen LogP contribution in [0.15, 0.2) is 12.2 Å². The average molecular weight is 521 g/mol. The molecule has 7 N–H and O–H groups in total. The standard InChI is InChI=1S/C24H40O12/c1-11(25)5-6-24-22(2,3)7-12(8-23(24,4)36-24)34-21-19(31)17(29)16(28)14(35-21)10-33-20-18(30)15(27)13(26)9-32-20/h5-6,11-21,25-31H,7-10H2,1-4H3. The summed E-state index contributed by atoms with van der Waals surface area (Å²) in [4.78, 5) is 0. The summed E-state index contributed by atoms with van der Waals surface area (Å²) in [6, 6.07) is 0. The second-order valence-electron chi connectivity index (χ2n) is 11.3. The summed E-state index contributed by atoms with van der Waals surface area (Å²) in [6.07, 6.45) is -8.93. The highest BCUT2D eigenvalue weighted by atomic mass is 16.7. The second-order valence-corrected chi connectivity index (χ2v) is 11.3. The number of aliphatic hydroxyl groups excluding tert-OH is 7. The van der Waals surface area contributed by atoms with Gasteiger partial charge in [-0.25, -0.2) is 0 Å². The monoisotopic (exact) mass is 520 g/mol. The van der Waals surface area contributed by atoms with E-state index in [1.807, 2.05) is 26.8 Å². The summed E-state index contributed by atoms with van der Waals surface area (Å²) in [6.45, 7) is 7.10. The fraction of sp³-hybridized carbons (Fsp3) is 0.917. The lowest BCUT2D eigenvalue weighted by Gasteiger charge is -2.45.